The summed E-state index contributed by atoms with van der Waals surface area (Å²) in [4.78, 5) is 0. The predicted molar refractivity (Wildman–Crippen MR) is 96.3 cm³/mol. The summed E-state index contributed by atoms with van der Waals surface area (Å²) in [6.07, 6.45) is 9.01. The Hall–Kier alpha value is -1.34. The van der Waals surface area contributed by atoms with Crippen LogP contribution in [0.15, 0.2) is 42.5 Å². The van der Waals surface area contributed by atoms with E-state index < -0.39 is 5.60 Å². The molecule has 0 radical (unpaired) electrons. The molecule has 0 fully saturated rings. The molecule has 2 aromatic rings. The van der Waals surface area contributed by atoms with Gasteiger partial charge in [0.25, 0.3) is 0 Å². The molecule has 1 heteroatoms. The summed E-state index contributed by atoms with van der Waals surface area (Å²) in [7, 11) is 0. The number of fused-ring (bicyclic) bond motifs is 1. The zero-order chi connectivity index (χ0) is 15.8. The van der Waals surface area contributed by atoms with Gasteiger partial charge in [-0.05, 0) is 42.5 Å². The molecular formula is C21H30O. The molecule has 0 aliphatic rings. The second-order valence-corrected chi connectivity index (χ2v) is 6.84. The topological polar surface area (TPSA) is 20.2 Å². The molecule has 0 heterocycles. The van der Waals surface area contributed by atoms with Crippen molar-refractivity contribution in [2.45, 2.75) is 70.8 Å². The molecule has 0 aliphatic carbocycles. The molecule has 0 aliphatic heterocycles. The second-order valence-electron chi connectivity index (χ2n) is 6.84. The maximum atomic E-state index is 10.5. The number of hydrogen-bond acceptors (Lipinski definition) is 1. The Kier molecular flexibility index (Phi) is 6.45. The number of aliphatic hydroxyl groups is 1. The number of benzene rings is 2. The van der Waals surface area contributed by atoms with E-state index >= 15 is 0 Å². The van der Waals surface area contributed by atoms with Crippen molar-refractivity contribution in [3.8, 4) is 0 Å². The van der Waals surface area contributed by atoms with Gasteiger partial charge in [-0.3, -0.25) is 0 Å². The molecule has 0 bridgehead atoms. The van der Waals surface area contributed by atoms with E-state index in [-0.39, 0.29) is 0 Å². The molecular weight excluding hydrogens is 268 g/mol. The van der Waals surface area contributed by atoms with Crippen LogP contribution in [-0.2, 0) is 6.42 Å². The summed E-state index contributed by atoms with van der Waals surface area (Å²) in [6.45, 7) is 4.23. The molecule has 0 saturated carbocycles. The summed E-state index contributed by atoms with van der Waals surface area (Å²) < 4.78 is 0. The van der Waals surface area contributed by atoms with E-state index in [2.05, 4.69) is 49.4 Å². The molecule has 1 N–H and O–H groups in total. The van der Waals surface area contributed by atoms with Crippen LogP contribution in [0.1, 0.15) is 64.4 Å². The van der Waals surface area contributed by atoms with Crippen molar-refractivity contribution in [3.63, 3.8) is 0 Å². The molecule has 0 spiro atoms. The highest BCUT2D eigenvalue weighted by molar-refractivity contribution is 5.82. The molecule has 1 atom stereocenters. The number of hydrogen-bond donors (Lipinski definition) is 1. The summed E-state index contributed by atoms with van der Waals surface area (Å²) in [5, 5.41) is 13.1. The summed E-state index contributed by atoms with van der Waals surface area (Å²) in [6, 6.07) is 15.1. The van der Waals surface area contributed by atoms with E-state index in [4.69, 9.17) is 0 Å². The van der Waals surface area contributed by atoms with Crippen molar-refractivity contribution in [3.05, 3.63) is 48.0 Å². The van der Waals surface area contributed by atoms with Gasteiger partial charge in [0.15, 0.2) is 0 Å². The Bertz CT molecular complexity index is 571. The third-order valence-corrected chi connectivity index (χ3v) is 4.59. The lowest BCUT2D eigenvalue weighted by Crippen LogP contribution is -2.24. The van der Waals surface area contributed by atoms with Gasteiger partial charge in [0.1, 0.15) is 0 Å². The van der Waals surface area contributed by atoms with Crippen LogP contribution in [0.3, 0.4) is 0 Å². The highest BCUT2D eigenvalue weighted by Crippen LogP contribution is 2.23. The van der Waals surface area contributed by atoms with Crippen LogP contribution in [0.2, 0.25) is 0 Å². The molecule has 0 saturated heterocycles. The maximum Gasteiger partial charge on any atom is 0.0623 e. The largest absolute Gasteiger partial charge is 0.390 e. The molecule has 0 aromatic heterocycles. The van der Waals surface area contributed by atoms with Gasteiger partial charge < -0.3 is 5.11 Å². The Morgan fingerprint density at radius 3 is 2.36 bits per heavy atom. The monoisotopic (exact) mass is 298 g/mol. The van der Waals surface area contributed by atoms with Gasteiger partial charge in [-0.2, -0.15) is 0 Å². The van der Waals surface area contributed by atoms with Gasteiger partial charge >= 0.3 is 0 Å². The number of aryl methyl sites for hydroxylation is 1. The van der Waals surface area contributed by atoms with Gasteiger partial charge in [-0.15, -0.1) is 0 Å². The van der Waals surface area contributed by atoms with Crippen LogP contribution in [-0.4, -0.2) is 10.7 Å². The highest BCUT2D eigenvalue weighted by Gasteiger charge is 2.19. The van der Waals surface area contributed by atoms with Crippen molar-refractivity contribution >= 4 is 10.8 Å². The quantitative estimate of drug-likeness (QED) is 0.573. The van der Waals surface area contributed by atoms with Crippen LogP contribution < -0.4 is 0 Å². The average molecular weight is 298 g/mol. The van der Waals surface area contributed by atoms with E-state index in [1.165, 1.54) is 42.0 Å². The summed E-state index contributed by atoms with van der Waals surface area (Å²) in [5.74, 6) is 0. The smallest absolute Gasteiger partial charge is 0.0623 e. The van der Waals surface area contributed by atoms with Crippen molar-refractivity contribution in [2.24, 2.45) is 0 Å². The highest BCUT2D eigenvalue weighted by atomic mass is 16.3. The lowest BCUT2D eigenvalue weighted by atomic mass is 9.90. The van der Waals surface area contributed by atoms with E-state index in [9.17, 15) is 5.11 Å². The normalized spacial score (nSPS) is 14.1. The van der Waals surface area contributed by atoms with Crippen LogP contribution >= 0.6 is 0 Å². The van der Waals surface area contributed by atoms with Gasteiger partial charge in [-0.1, -0.05) is 81.5 Å². The Balaban J connectivity index is 1.81. The standard InChI is InChI=1S/C21H30O/c1-3-4-5-6-9-15-21(2,22)16-14-18-12-13-19-10-7-8-11-20(19)17-18/h7-8,10-13,17,22H,3-6,9,14-16H2,1-2H3. The van der Waals surface area contributed by atoms with Crippen molar-refractivity contribution < 1.29 is 5.11 Å². The zero-order valence-corrected chi connectivity index (χ0v) is 14.1. The summed E-state index contributed by atoms with van der Waals surface area (Å²) in [5.41, 5.74) is 0.794. The minimum absolute atomic E-state index is 0.530. The first-order chi connectivity index (χ1) is 10.6. The second kappa shape index (κ2) is 8.33. The molecule has 2 rings (SSSR count). The Labute approximate surface area is 135 Å². The van der Waals surface area contributed by atoms with Crippen molar-refractivity contribution in [1.82, 2.24) is 0 Å². The van der Waals surface area contributed by atoms with Crippen molar-refractivity contribution in [2.75, 3.05) is 0 Å². The van der Waals surface area contributed by atoms with Crippen LogP contribution in [0, 0.1) is 0 Å². The van der Waals surface area contributed by atoms with E-state index in [0.717, 1.165) is 25.7 Å². The molecule has 120 valence electrons. The zero-order valence-electron chi connectivity index (χ0n) is 14.1. The van der Waals surface area contributed by atoms with Gasteiger partial charge in [0.05, 0.1) is 5.60 Å². The fourth-order valence-electron chi connectivity index (χ4n) is 3.04. The molecule has 0 amide bonds. The van der Waals surface area contributed by atoms with Crippen LogP contribution in [0.25, 0.3) is 10.8 Å². The molecule has 2 aromatic carbocycles. The van der Waals surface area contributed by atoms with E-state index in [1.54, 1.807) is 0 Å². The van der Waals surface area contributed by atoms with Gasteiger partial charge in [-0.25, -0.2) is 0 Å². The van der Waals surface area contributed by atoms with E-state index in [0.29, 0.717) is 0 Å². The third-order valence-electron chi connectivity index (χ3n) is 4.59. The summed E-state index contributed by atoms with van der Waals surface area (Å²) >= 11 is 0. The first-order valence-corrected chi connectivity index (χ1v) is 8.81. The van der Waals surface area contributed by atoms with E-state index in [1.807, 2.05) is 6.92 Å². The first-order valence-electron chi connectivity index (χ1n) is 8.81. The fourth-order valence-corrected chi connectivity index (χ4v) is 3.04. The number of unbranched alkanes of at least 4 members (excludes halogenated alkanes) is 4. The fraction of sp³-hybridized carbons (Fsp3) is 0.524. The lowest BCUT2D eigenvalue weighted by Gasteiger charge is -2.23. The molecule has 22 heavy (non-hydrogen) atoms. The van der Waals surface area contributed by atoms with Crippen LogP contribution in [0.4, 0.5) is 0 Å². The van der Waals surface area contributed by atoms with Gasteiger partial charge in [0, 0.05) is 0 Å². The minimum atomic E-state index is -0.530. The SMILES string of the molecule is CCCCCCCC(C)(O)CCc1ccc2ccccc2c1. The molecule has 1 unspecified atom stereocenters. The Morgan fingerprint density at radius 2 is 1.59 bits per heavy atom. The lowest BCUT2D eigenvalue weighted by molar-refractivity contribution is 0.0396. The minimum Gasteiger partial charge on any atom is -0.390 e. The first kappa shape index (κ1) is 17.0. The third kappa shape index (κ3) is 5.46. The average Bonchev–Trinajstić information content (AvgIpc) is 2.52. The molecule has 1 nitrogen and oxygen atoms in total. The Morgan fingerprint density at radius 1 is 0.864 bits per heavy atom. The maximum absolute atomic E-state index is 10.5. The van der Waals surface area contributed by atoms with Crippen molar-refractivity contribution in [1.29, 1.82) is 0 Å². The predicted octanol–water partition coefficient (Wildman–Crippen LogP) is 5.88. The van der Waals surface area contributed by atoms with Gasteiger partial charge in [0.2, 0.25) is 0 Å². The number of rotatable bonds is 9. The van der Waals surface area contributed by atoms with Crippen LogP contribution in [0.5, 0.6) is 0 Å².